The van der Waals surface area contributed by atoms with Crippen LogP contribution in [0, 0.1) is 0 Å². The highest BCUT2D eigenvalue weighted by Gasteiger charge is 2.28. The van der Waals surface area contributed by atoms with E-state index in [0.29, 0.717) is 5.88 Å². The van der Waals surface area contributed by atoms with E-state index in [2.05, 4.69) is 14.9 Å². The average Bonchev–Trinajstić information content (AvgIpc) is 2.44. The molecule has 0 radical (unpaired) electrons. The molecule has 0 atom stereocenters. The molecule has 106 valence electrons. The van der Waals surface area contributed by atoms with Crippen LogP contribution in [0.3, 0.4) is 0 Å². The quantitative estimate of drug-likeness (QED) is 0.846. The fourth-order valence-corrected chi connectivity index (χ4v) is 1.37. The minimum Gasteiger partial charge on any atom is -0.484 e. The van der Waals surface area contributed by atoms with Crippen molar-refractivity contribution in [3.63, 3.8) is 0 Å². The number of ether oxygens (including phenoxy) is 2. The monoisotopic (exact) mass is 284 g/mol. The van der Waals surface area contributed by atoms with Crippen LogP contribution >= 0.6 is 0 Å². The van der Waals surface area contributed by atoms with Gasteiger partial charge in [0.05, 0.1) is 0 Å². The Morgan fingerprint density at radius 1 is 1.00 bits per heavy atom. The van der Waals surface area contributed by atoms with Gasteiger partial charge in [-0.15, -0.1) is 5.10 Å². The van der Waals surface area contributed by atoms with E-state index in [1.807, 2.05) is 0 Å². The summed E-state index contributed by atoms with van der Waals surface area (Å²) < 4.78 is 45.9. The van der Waals surface area contributed by atoms with Crippen molar-refractivity contribution in [3.8, 4) is 11.6 Å². The van der Waals surface area contributed by atoms with Gasteiger partial charge in [-0.25, -0.2) is 0 Å². The van der Waals surface area contributed by atoms with Gasteiger partial charge in [-0.1, -0.05) is 12.1 Å². The van der Waals surface area contributed by atoms with E-state index in [9.17, 15) is 13.2 Å². The fourth-order valence-electron chi connectivity index (χ4n) is 1.37. The van der Waals surface area contributed by atoms with Crippen molar-refractivity contribution in [3.05, 3.63) is 48.2 Å². The van der Waals surface area contributed by atoms with Crippen LogP contribution in [0.5, 0.6) is 11.6 Å². The summed E-state index contributed by atoms with van der Waals surface area (Å²) in [7, 11) is 0. The van der Waals surface area contributed by atoms with E-state index in [0.717, 1.165) is 5.56 Å². The number of rotatable bonds is 5. The standard InChI is InChI=1S/C13H11F3N2O2/c14-13(15,16)9-20-11-5-3-10(4-6-11)8-19-12-2-1-7-17-18-12/h1-7H,8-9H2. The van der Waals surface area contributed by atoms with E-state index < -0.39 is 12.8 Å². The van der Waals surface area contributed by atoms with Crippen LogP contribution < -0.4 is 9.47 Å². The van der Waals surface area contributed by atoms with Crippen LogP contribution in [-0.2, 0) is 6.61 Å². The van der Waals surface area contributed by atoms with Crippen molar-refractivity contribution < 1.29 is 22.6 Å². The Balaban J connectivity index is 1.85. The molecule has 0 amide bonds. The third-order valence-electron chi connectivity index (χ3n) is 2.26. The Kier molecular flexibility index (Phi) is 4.39. The molecule has 0 saturated heterocycles. The third-order valence-corrected chi connectivity index (χ3v) is 2.26. The Hall–Kier alpha value is -2.31. The van der Waals surface area contributed by atoms with Crippen molar-refractivity contribution in [1.82, 2.24) is 10.2 Å². The number of aromatic nitrogens is 2. The first-order valence-electron chi connectivity index (χ1n) is 5.72. The molecule has 0 saturated carbocycles. The largest absolute Gasteiger partial charge is 0.484 e. The molecule has 0 bridgehead atoms. The van der Waals surface area contributed by atoms with Crippen LogP contribution in [0.2, 0.25) is 0 Å². The Morgan fingerprint density at radius 3 is 2.35 bits per heavy atom. The average molecular weight is 284 g/mol. The molecule has 0 aliphatic heterocycles. The second kappa shape index (κ2) is 6.23. The molecule has 2 aromatic rings. The van der Waals surface area contributed by atoms with Crippen molar-refractivity contribution in [2.45, 2.75) is 12.8 Å². The number of benzene rings is 1. The molecule has 0 unspecified atom stereocenters. The van der Waals surface area contributed by atoms with Gasteiger partial charge in [0.25, 0.3) is 0 Å². The van der Waals surface area contributed by atoms with Gasteiger partial charge in [-0.05, 0) is 23.8 Å². The summed E-state index contributed by atoms with van der Waals surface area (Å²) >= 11 is 0. The summed E-state index contributed by atoms with van der Waals surface area (Å²) in [6, 6.07) is 9.52. The van der Waals surface area contributed by atoms with Gasteiger partial charge in [0.2, 0.25) is 5.88 Å². The molecule has 20 heavy (non-hydrogen) atoms. The summed E-state index contributed by atoms with van der Waals surface area (Å²) in [5.74, 6) is 0.537. The summed E-state index contributed by atoms with van der Waals surface area (Å²) in [5.41, 5.74) is 0.787. The van der Waals surface area contributed by atoms with E-state index in [-0.39, 0.29) is 12.4 Å². The van der Waals surface area contributed by atoms with Gasteiger partial charge in [0.1, 0.15) is 12.4 Å². The lowest BCUT2D eigenvalue weighted by molar-refractivity contribution is -0.153. The second-order valence-electron chi connectivity index (χ2n) is 3.90. The summed E-state index contributed by atoms with van der Waals surface area (Å²) in [6.07, 6.45) is -2.81. The van der Waals surface area contributed by atoms with Crippen LogP contribution in [0.1, 0.15) is 5.56 Å². The highest BCUT2D eigenvalue weighted by atomic mass is 19.4. The molecule has 4 nitrogen and oxygen atoms in total. The highest BCUT2D eigenvalue weighted by Crippen LogP contribution is 2.19. The Bertz CT molecular complexity index is 530. The molecular formula is C13H11F3N2O2. The van der Waals surface area contributed by atoms with Gasteiger partial charge < -0.3 is 9.47 Å². The first-order chi connectivity index (χ1) is 9.53. The lowest BCUT2D eigenvalue weighted by Gasteiger charge is -2.09. The van der Waals surface area contributed by atoms with E-state index in [1.165, 1.54) is 18.3 Å². The molecule has 0 spiro atoms. The number of alkyl halides is 3. The molecule has 1 aromatic heterocycles. The first-order valence-corrected chi connectivity index (χ1v) is 5.72. The number of hydrogen-bond acceptors (Lipinski definition) is 4. The van der Waals surface area contributed by atoms with Crippen molar-refractivity contribution in [2.75, 3.05) is 6.61 Å². The molecule has 0 N–H and O–H groups in total. The molecule has 7 heteroatoms. The van der Waals surface area contributed by atoms with Gasteiger partial charge >= 0.3 is 6.18 Å². The molecule has 1 heterocycles. The lowest BCUT2D eigenvalue weighted by atomic mass is 10.2. The highest BCUT2D eigenvalue weighted by molar-refractivity contribution is 5.27. The minimum absolute atomic E-state index is 0.158. The van der Waals surface area contributed by atoms with Crippen molar-refractivity contribution >= 4 is 0 Å². The van der Waals surface area contributed by atoms with Gasteiger partial charge in [-0.2, -0.15) is 18.3 Å². The Morgan fingerprint density at radius 2 is 1.75 bits per heavy atom. The van der Waals surface area contributed by atoms with Gasteiger partial charge in [-0.3, -0.25) is 0 Å². The fraction of sp³-hybridized carbons (Fsp3) is 0.231. The van der Waals surface area contributed by atoms with E-state index in [4.69, 9.17) is 4.74 Å². The summed E-state index contributed by atoms with van der Waals surface area (Å²) in [6.45, 7) is -1.05. The first kappa shape index (κ1) is 14.1. The molecular weight excluding hydrogens is 273 g/mol. The van der Waals surface area contributed by atoms with Crippen molar-refractivity contribution in [1.29, 1.82) is 0 Å². The smallest absolute Gasteiger partial charge is 0.422 e. The zero-order chi connectivity index (χ0) is 14.4. The maximum Gasteiger partial charge on any atom is 0.422 e. The lowest BCUT2D eigenvalue weighted by Crippen LogP contribution is -2.19. The maximum atomic E-state index is 12.0. The topological polar surface area (TPSA) is 44.2 Å². The predicted molar refractivity (Wildman–Crippen MR) is 64.4 cm³/mol. The third kappa shape index (κ3) is 4.75. The summed E-state index contributed by atoms with van der Waals surface area (Å²) in [5, 5.41) is 7.40. The van der Waals surface area contributed by atoms with E-state index >= 15 is 0 Å². The molecule has 2 rings (SSSR count). The summed E-state index contributed by atoms with van der Waals surface area (Å²) in [4.78, 5) is 0. The van der Waals surface area contributed by atoms with E-state index in [1.54, 1.807) is 24.3 Å². The zero-order valence-electron chi connectivity index (χ0n) is 10.3. The number of hydrogen-bond donors (Lipinski definition) is 0. The van der Waals surface area contributed by atoms with Crippen LogP contribution in [-0.4, -0.2) is 23.0 Å². The SMILES string of the molecule is FC(F)(F)COc1ccc(COc2cccnn2)cc1. The second-order valence-corrected chi connectivity index (χ2v) is 3.90. The van der Waals surface area contributed by atoms with Crippen LogP contribution in [0.15, 0.2) is 42.6 Å². The van der Waals surface area contributed by atoms with Gasteiger partial charge in [0.15, 0.2) is 6.61 Å². The van der Waals surface area contributed by atoms with Crippen LogP contribution in [0.25, 0.3) is 0 Å². The zero-order valence-corrected chi connectivity index (χ0v) is 10.3. The van der Waals surface area contributed by atoms with Gasteiger partial charge in [0, 0.05) is 12.3 Å². The minimum atomic E-state index is -4.34. The van der Waals surface area contributed by atoms with Crippen LogP contribution in [0.4, 0.5) is 13.2 Å². The normalized spacial score (nSPS) is 11.2. The number of nitrogens with zero attached hydrogens (tertiary/aromatic N) is 2. The molecule has 1 aromatic carbocycles. The molecule has 0 aliphatic carbocycles. The number of halogens is 3. The maximum absolute atomic E-state index is 12.0. The molecule has 0 fully saturated rings. The predicted octanol–water partition coefficient (Wildman–Crippen LogP) is 3.00. The molecule has 0 aliphatic rings. The Labute approximate surface area is 113 Å². The van der Waals surface area contributed by atoms with Crippen molar-refractivity contribution in [2.24, 2.45) is 0 Å².